The fourth-order valence-corrected chi connectivity index (χ4v) is 4.36. The summed E-state index contributed by atoms with van der Waals surface area (Å²) in [5, 5.41) is 8.87. The molecule has 0 unspecified atom stereocenters. The van der Waals surface area contributed by atoms with Crippen LogP contribution in [0, 0.1) is 12.8 Å². The van der Waals surface area contributed by atoms with Gasteiger partial charge < -0.3 is 5.11 Å². The fraction of sp³-hybridized carbons (Fsp3) is 0.538. The van der Waals surface area contributed by atoms with Crippen molar-refractivity contribution in [2.45, 2.75) is 25.0 Å². The molecule has 0 aromatic heterocycles. The maximum atomic E-state index is 11.9. The van der Waals surface area contributed by atoms with Gasteiger partial charge in [0.15, 0.2) is 9.84 Å². The Kier molecular flexibility index (Phi) is 3.27. The zero-order chi connectivity index (χ0) is 12.6. The molecule has 0 radical (unpaired) electrons. The molecule has 17 heavy (non-hydrogen) atoms. The van der Waals surface area contributed by atoms with Crippen LogP contribution in [0.25, 0.3) is 0 Å². The van der Waals surface area contributed by atoms with Crippen LogP contribution in [-0.4, -0.2) is 31.1 Å². The fourth-order valence-electron chi connectivity index (χ4n) is 2.47. The molecule has 94 valence electrons. The SMILES string of the molecule is CCS(=O)(=O)[C@@H]1[C@@H](CO)[C@@H]1c1ccc(C)cc1. The Hall–Kier alpha value is -0.870. The van der Waals surface area contributed by atoms with Gasteiger partial charge in [-0.15, -0.1) is 0 Å². The van der Waals surface area contributed by atoms with Crippen molar-refractivity contribution in [1.82, 2.24) is 0 Å². The van der Waals surface area contributed by atoms with Gasteiger partial charge in [-0.1, -0.05) is 36.8 Å². The Morgan fingerprint density at radius 2 is 1.82 bits per heavy atom. The van der Waals surface area contributed by atoms with Gasteiger partial charge in [0.25, 0.3) is 0 Å². The normalized spacial score (nSPS) is 28.1. The highest BCUT2D eigenvalue weighted by Crippen LogP contribution is 2.52. The minimum absolute atomic E-state index is 0.0226. The van der Waals surface area contributed by atoms with Crippen LogP contribution in [0.2, 0.25) is 0 Å². The first-order chi connectivity index (χ1) is 8.01. The van der Waals surface area contributed by atoms with Crippen molar-refractivity contribution in [2.75, 3.05) is 12.4 Å². The molecule has 0 amide bonds. The number of aryl methyl sites for hydroxylation is 1. The zero-order valence-electron chi connectivity index (χ0n) is 10.1. The molecule has 4 heteroatoms. The van der Waals surface area contributed by atoms with Gasteiger partial charge >= 0.3 is 0 Å². The summed E-state index contributed by atoms with van der Waals surface area (Å²) in [7, 11) is -3.05. The third kappa shape index (κ3) is 2.24. The Bertz CT molecular complexity index is 490. The number of benzene rings is 1. The van der Waals surface area contributed by atoms with Crippen LogP contribution in [0.3, 0.4) is 0 Å². The van der Waals surface area contributed by atoms with Gasteiger partial charge in [-0.2, -0.15) is 0 Å². The van der Waals surface area contributed by atoms with E-state index in [1.165, 1.54) is 0 Å². The largest absolute Gasteiger partial charge is 0.396 e. The van der Waals surface area contributed by atoms with E-state index in [2.05, 4.69) is 0 Å². The second kappa shape index (κ2) is 4.42. The molecule has 3 atom stereocenters. The van der Waals surface area contributed by atoms with Gasteiger partial charge in [-0.25, -0.2) is 8.42 Å². The second-order valence-electron chi connectivity index (χ2n) is 4.70. The van der Waals surface area contributed by atoms with E-state index >= 15 is 0 Å². The van der Waals surface area contributed by atoms with E-state index in [1.807, 2.05) is 31.2 Å². The van der Waals surface area contributed by atoms with Crippen LogP contribution in [0.15, 0.2) is 24.3 Å². The number of rotatable bonds is 4. The van der Waals surface area contributed by atoms with E-state index in [9.17, 15) is 13.5 Å². The van der Waals surface area contributed by atoms with Crippen LogP contribution in [0.5, 0.6) is 0 Å². The average molecular weight is 254 g/mol. The second-order valence-corrected chi connectivity index (χ2v) is 7.15. The first kappa shape index (κ1) is 12.6. The molecule has 1 N–H and O–H groups in total. The summed E-state index contributed by atoms with van der Waals surface area (Å²) in [5.41, 5.74) is 2.18. The molecule has 1 aliphatic carbocycles. The first-order valence-electron chi connectivity index (χ1n) is 5.90. The molecule has 0 spiro atoms. The summed E-state index contributed by atoms with van der Waals surface area (Å²) in [6, 6.07) is 7.90. The van der Waals surface area contributed by atoms with Crippen molar-refractivity contribution in [1.29, 1.82) is 0 Å². The highest BCUT2D eigenvalue weighted by Gasteiger charge is 2.57. The standard InChI is InChI=1S/C13H18O3S/c1-3-17(15,16)13-11(8-14)12(13)10-6-4-9(2)5-7-10/h4-7,11-14H,3,8H2,1-2H3/t11-,12-,13+/m0/s1. The molecular formula is C13H18O3S. The predicted molar refractivity (Wildman–Crippen MR) is 67.7 cm³/mol. The van der Waals surface area contributed by atoms with Gasteiger partial charge in [-0.3, -0.25) is 0 Å². The van der Waals surface area contributed by atoms with E-state index in [0.717, 1.165) is 11.1 Å². The maximum Gasteiger partial charge on any atom is 0.153 e. The van der Waals surface area contributed by atoms with Crippen molar-refractivity contribution in [3.8, 4) is 0 Å². The van der Waals surface area contributed by atoms with Gasteiger partial charge in [0.05, 0.1) is 5.25 Å². The van der Waals surface area contributed by atoms with E-state index in [0.29, 0.717) is 0 Å². The minimum Gasteiger partial charge on any atom is -0.396 e. The summed E-state index contributed by atoms with van der Waals surface area (Å²) in [5.74, 6) is 0.00415. The van der Waals surface area contributed by atoms with Gasteiger partial charge in [0, 0.05) is 24.2 Å². The van der Waals surface area contributed by atoms with Crippen molar-refractivity contribution in [2.24, 2.45) is 5.92 Å². The lowest BCUT2D eigenvalue weighted by atomic mass is 10.1. The number of aliphatic hydroxyl groups is 1. The minimum atomic E-state index is -3.05. The van der Waals surface area contributed by atoms with Crippen molar-refractivity contribution >= 4 is 9.84 Å². The summed E-state index contributed by atoms with van der Waals surface area (Å²) >= 11 is 0. The van der Waals surface area contributed by atoms with Crippen LogP contribution < -0.4 is 0 Å². The molecule has 1 aromatic rings. The topological polar surface area (TPSA) is 54.4 Å². The summed E-state index contributed by atoms with van der Waals surface area (Å²) in [6.45, 7) is 3.61. The van der Waals surface area contributed by atoms with Crippen molar-refractivity contribution in [3.63, 3.8) is 0 Å². The molecule has 1 aliphatic rings. The Labute approximate surface area is 102 Å². The molecule has 0 saturated heterocycles. The lowest BCUT2D eigenvalue weighted by Crippen LogP contribution is -2.13. The van der Waals surface area contributed by atoms with Crippen LogP contribution in [0.4, 0.5) is 0 Å². The number of hydrogen-bond donors (Lipinski definition) is 1. The number of sulfone groups is 1. The summed E-state index contributed by atoms with van der Waals surface area (Å²) < 4.78 is 23.7. The molecule has 0 aliphatic heterocycles. The lowest BCUT2D eigenvalue weighted by molar-refractivity contribution is 0.274. The molecule has 1 aromatic carbocycles. The van der Waals surface area contributed by atoms with Crippen molar-refractivity contribution in [3.05, 3.63) is 35.4 Å². The molecular weight excluding hydrogens is 236 g/mol. The highest BCUT2D eigenvalue weighted by molar-refractivity contribution is 7.92. The van der Waals surface area contributed by atoms with E-state index in [-0.39, 0.29) is 29.4 Å². The highest BCUT2D eigenvalue weighted by atomic mass is 32.2. The molecule has 0 heterocycles. The van der Waals surface area contributed by atoms with Gasteiger partial charge in [-0.05, 0) is 12.5 Å². The molecule has 3 nitrogen and oxygen atoms in total. The molecule has 0 bridgehead atoms. The molecule has 1 saturated carbocycles. The quantitative estimate of drug-likeness (QED) is 0.886. The smallest absolute Gasteiger partial charge is 0.153 e. The summed E-state index contributed by atoms with van der Waals surface area (Å²) in [6.07, 6.45) is 0. The first-order valence-corrected chi connectivity index (χ1v) is 7.61. The zero-order valence-corrected chi connectivity index (χ0v) is 10.9. The predicted octanol–water partition coefficient (Wildman–Crippen LogP) is 1.50. The monoisotopic (exact) mass is 254 g/mol. The van der Waals surface area contributed by atoms with E-state index in [1.54, 1.807) is 6.92 Å². The van der Waals surface area contributed by atoms with E-state index < -0.39 is 9.84 Å². The molecule has 1 fully saturated rings. The van der Waals surface area contributed by atoms with Crippen LogP contribution in [0.1, 0.15) is 24.0 Å². The summed E-state index contributed by atoms with van der Waals surface area (Å²) in [4.78, 5) is 0. The van der Waals surface area contributed by atoms with E-state index in [4.69, 9.17) is 0 Å². The van der Waals surface area contributed by atoms with Gasteiger partial charge in [0.1, 0.15) is 0 Å². The average Bonchev–Trinajstić information content (AvgIpc) is 3.05. The third-order valence-corrected chi connectivity index (χ3v) is 5.86. The van der Waals surface area contributed by atoms with Crippen LogP contribution >= 0.6 is 0 Å². The Morgan fingerprint density at radius 3 is 2.29 bits per heavy atom. The maximum absolute atomic E-state index is 11.9. The van der Waals surface area contributed by atoms with Gasteiger partial charge in [0.2, 0.25) is 0 Å². The Morgan fingerprint density at radius 1 is 1.24 bits per heavy atom. The lowest BCUT2D eigenvalue weighted by Gasteiger charge is -2.01. The Balaban J connectivity index is 2.26. The van der Waals surface area contributed by atoms with Crippen molar-refractivity contribution < 1.29 is 13.5 Å². The number of aliphatic hydroxyl groups excluding tert-OH is 1. The third-order valence-electron chi connectivity index (χ3n) is 3.59. The van der Waals surface area contributed by atoms with Crippen LogP contribution in [-0.2, 0) is 9.84 Å². The molecule has 2 rings (SSSR count). The number of hydrogen-bond acceptors (Lipinski definition) is 3.